The maximum atomic E-state index is 12.1. The topological polar surface area (TPSA) is 69.0 Å². The number of carbonyl (C=O) groups is 1. The highest BCUT2D eigenvalue weighted by molar-refractivity contribution is 7.09. The zero-order valence-electron chi connectivity index (χ0n) is 13.5. The summed E-state index contributed by atoms with van der Waals surface area (Å²) in [6.07, 6.45) is 1.79. The van der Waals surface area contributed by atoms with Crippen LogP contribution in [0.3, 0.4) is 0 Å². The summed E-state index contributed by atoms with van der Waals surface area (Å²) in [4.78, 5) is 16.6. The second-order valence-corrected chi connectivity index (χ2v) is 6.04. The van der Waals surface area contributed by atoms with Gasteiger partial charge in [-0.3, -0.25) is 9.48 Å². The lowest BCUT2D eigenvalue weighted by Crippen LogP contribution is -2.23. The zero-order valence-corrected chi connectivity index (χ0v) is 14.3. The monoisotopic (exact) mass is 342 g/mol. The van der Waals surface area contributed by atoms with Crippen molar-refractivity contribution in [3.63, 3.8) is 0 Å². The fraction of sp³-hybridized carbons (Fsp3) is 0.235. The molecule has 7 heteroatoms. The van der Waals surface area contributed by atoms with Crippen LogP contribution in [0.1, 0.15) is 22.4 Å². The molecule has 3 rings (SSSR count). The standard InChI is InChI=1S/C17H18N4O2S/c1-3-21-9-8-14(20-21)17(22)18-10-16-19-15(11-24-16)12-4-6-13(23-2)7-5-12/h4-9,11H,3,10H2,1-2H3,(H,18,22). The molecule has 24 heavy (non-hydrogen) atoms. The summed E-state index contributed by atoms with van der Waals surface area (Å²) in [6, 6.07) is 9.45. The van der Waals surface area contributed by atoms with Gasteiger partial charge in [0.2, 0.25) is 0 Å². The molecule has 0 aliphatic rings. The van der Waals surface area contributed by atoms with Crippen molar-refractivity contribution in [2.45, 2.75) is 20.0 Å². The van der Waals surface area contributed by atoms with Crippen molar-refractivity contribution < 1.29 is 9.53 Å². The second-order valence-electron chi connectivity index (χ2n) is 5.09. The molecule has 0 bridgehead atoms. The lowest BCUT2D eigenvalue weighted by molar-refractivity contribution is 0.0945. The van der Waals surface area contributed by atoms with E-state index in [9.17, 15) is 4.79 Å². The predicted molar refractivity (Wildman–Crippen MR) is 93.2 cm³/mol. The molecule has 124 valence electrons. The summed E-state index contributed by atoms with van der Waals surface area (Å²) in [5.41, 5.74) is 2.33. The van der Waals surface area contributed by atoms with Crippen LogP contribution >= 0.6 is 11.3 Å². The van der Waals surface area contributed by atoms with Crippen LogP contribution in [-0.2, 0) is 13.1 Å². The summed E-state index contributed by atoms with van der Waals surface area (Å²) in [5.74, 6) is 0.622. The Balaban J connectivity index is 1.62. The molecule has 2 aromatic heterocycles. The average Bonchev–Trinajstić information content (AvgIpc) is 3.29. The number of thiazole rings is 1. The molecule has 3 aromatic rings. The third-order valence-electron chi connectivity index (χ3n) is 3.53. The number of aryl methyl sites for hydroxylation is 1. The summed E-state index contributed by atoms with van der Waals surface area (Å²) < 4.78 is 6.88. The van der Waals surface area contributed by atoms with Gasteiger partial charge in [-0.05, 0) is 37.3 Å². The number of benzene rings is 1. The van der Waals surface area contributed by atoms with Gasteiger partial charge >= 0.3 is 0 Å². The maximum Gasteiger partial charge on any atom is 0.272 e. The Kier molecular flexibility index (Phi) is 4.90. The number of amides is 1. The van der Waals surface area contributed by atoms with Crippen molar-refractivity contribution in [3.05, 3.63) is 52.6 Å². The highest BCUT2D eigenvalue weighted by atomic mass is 32.1. The van der Waals surface area contributed by atoms with E-state index in [0.29, 0.717) is 12.2 Å². The van der Waals surface area contributed by atoms with Crippen molar-refractivity contribution >= 4 is 17.2 Å². The van der Waals surface area contributed by atoms with Crippen molar-refractivity contribution in [2.24, 2.45) is 0 Å². The average molecular weight is 342 g/mol. The lowest BCUT2D eigenvalue weighted by atomic mass is 10.2. The van der Waals surface area contributed by atoms with Gasteiger partial charge in [0.25, 0.3) is 5.91 Å². The van der Waals surface area contributed by atoms with Crippen LogP contribution in [0.2, 0.25) is 0 Å². The highest BCUT2D eigenvalue weighted by Crippen LogP contribution is 2.24. The van der Waals surface area contributed by atoms with E-state index in [-0.39, 0.29) is 5.91 Å². The number of carbonyl (C=O) groups excluding carboxylic acids is 1. The number of rotatable bonds is 6. The minimum Gasteiger partial charge on any atom is -0.497 e. The Labute approximate surface area is 144 Å². The van der Waals surface area contributed by atoms with Crippen LogP contribution in [0.4, 0.5) is 0 Å². The van der Waals surface area contributed by atoms with Gasteiger partial charge in [0.15, 0.2) is 0 Å². The van der Waals surface area contributed by atoms with Gasteiger partial charge in [-0.25, -0.2) is 4.98 Å². The van der Waals surface area contributed by atoms with Crippen molar-refractivity contribution in [3.8, 4) is 17.0 Å². The normalized spacial score (nSPS) is 10.6. The van der Waals surface area contributed by atoms with Gasteiger partial charge in [0.1, 0.15) is 16.5 Å². The summed E-state index contributed by atoms with van der Waals surface area (Å²) in [7, 11) is 1.64. The number of nitrogens with zero attached hydrogens (tertiary/aromatic N) is 3. The minimum absolute atomic E-state index is 0.191. The first-order valence-corrected chi connectivity index (χ1v) is 8.48. The van der Waals surface area contributed by atoms with Gasteiger partial charge < -0.3 is 10.1 Å². The molecule has 1 N–H and O–H groups in total. The zero-order chi connectivity index (χ0) is 16.9. The third-order valence-corrected chi connectivity index (χ3v) is 4.38. The summed E-state index contributed by atoms with van der Waals surface area (Å²) >= 11 is 1.52. The van der Waals surface area contributed by atoms with Crippen LogP contribution in [0.25, 0.3) is 11.3 Å². The Hall–Kier alpha value is -2.67. The molecule has 0 atom stereocenters. The maximum absolute atomic E-state index is 12.1. The third kappa shape index (κ3) is 3.62. The molecule has 2 heterocycles. The van der Waals surface area contributed by atoms with E-state index in [1.807, 2.05) is 36.6 Å². The second kappa shape index (κ2) is 7.27. The molecule has 6 nitrogen and oxygen atoms in total. The van der Waals surface area contributed by atoms with Crippen molar-refractivity contribution in [2.75, 3.05) is 7.11 Å². The largest absolute Gasteiger partial charge is 0.497 e. The molecule has 1 amide bonds. The number of methoxy groups -OCH3 is 1. The fourth-order valence-corrected chi connectivity index (χ4v) is 2.93. The summed E-state index contributed by atoms with van der Waals surface area (Å²) in [5, 5.41) is 9.87. The van der Waals surface area contributed by atoms with E-state index in [0.717, 1.165) is 28.6 Å². The number of aromatic nitrogens is 3. The van der Waals surface area contributed by atoms with Gasteiger partial charge in [-0.2, -0.15) is 5.10 Å². The van der Waals surface area contributed by atoms with Crippen LogP contribution in [0.5, 0.6) is 5.75 Å². The SMILES string of the molecule is CCn1ccc(C(=O)NCc2nc(-c3ccc(OC)cc3)cs2)n1. The first kappa shape index (κ1) is 16.2. The lowest BCUT2D eigenvalue weighted by Gasteiger charge is -2.01. The highest BCUT2D eigenvalue weighted by Gasteiger charge is 2.10. The first-order valence-electron chi connectivity index (χ1n) is 7.60. The Morgan fingerprint density at radius 1 is 1.29 bits per heavy atom. The Morgan fingerprint density at radius 3 is 2.75 bits per heavy atom. The van der Waals surface area contributed by atoms with Gasteiger partial charge in [-0.15, -0.1) is 11.3 Å². The van der Waals surface area contributed by atoms with Gasteiger partial charge in [0.05, 0.1) is 19.3 Å². The minimum atomic E-state index is -0.191. The van der Waals surface area contributed by atoms with Crippen LogP contribution in [0, 0.1) is 0 Å². The molecule has 0 spiro atoms. The fourth-order valence-electron chi connectivity index (χ4n) is 2.19. The van der Waals surface area contributed by atoms with E-state index < -0.39 is 0 Å². The smallest absolute Gasteiger partial charge is 0.272 e. The van der Waals surface area contributed by atoms with Crippen LogP contribution in [0.15, 0.2) is 41.9 Å². The molecule has 0 aliphatic heterocycles. The van der Waals surface area contributed by atoms with Crippen molar-refractivity contribution in [1.82, 2.24) is 20.1 Å². The van der Waals surface area contributed by atoms with E-state index in [4.69, 9.17) is 4.74 Å². The molecule has 1 aromatic carbocycles. The van der Waals surface area contributed by atoms with E-state index in [1.54, 1.807) is 24.1 Å². The van der Waals surface area contributed by atoms with Gasteiger partial charge in [-0.1, -0.05) is 0 Å². The quantitative estimate of drug-likeness (QED) is 0.748. The molecule has 0 unspecified atom stereocenters. The molecular formula is C17H18N4O2S. The van der Waals surface area contributed by atoms with E-state index in [1.165, 1.54) is 11.3 Å². The molecule has 0 saturated carbocycles. The number of hydrogen-bond donors (Lipinski definition) is 1. The molecule has 0 fully saturated rings. The van der Waals surface area contributed by atoms with E-state index in [2.05, 4.69) is 15.4 Å². The molecule has 0 aliphatic carbocycles. The van der Waals surface area contributed by atoms with Crippen LogP contribution in [-0.4, -0.2) is 27.8 Å². The number of nitrogens with one attached hydrogen (secondary N) is 1. The first-order chi connectivity index (χ1) is 11.7. The summed E-state index contributed by atoms with van der Waals surface area (Å²) in [6.45, 7) is 3.11. The van der Waals surface area contributed by atoms with E-state index >= 15 is 0 Å². The van der Waals surface area contributed by atoms with Crippen LogP contribution < -0.4 is 10.1 Å². The molecular weight excluding hydrogens is 324 g/mol. The number of hydrogen-bond acceptors (Lipinski definition) is 5. The number of ether oxygens (including phenoxy) is 1. The van der Waals surface area contributed by atoms with Crippen molar-refractivity contribution in [1.29, 1.82) is 0 Å². The Bertz CT molecular complexity index is 823. The molecule has 0 radical (unpaired) electrons. The predicted octanol–water partition coefficient (Wildman–Crippen LogP) is 2.97. The molecule has 0 saturated heterocycles. The van der Waals surface area contributed by atoms with Gasteiger partial charge in [0, 0.05) is 23.7 Å². The Morgan fingerprint density at radius 2 is 2.08 bits per heavy atom.